The van der Waals surface area contributed by atoms with Crippen LogP contribution in [0.25, 0.3) is 0 Å². The van der Waals surface area contributed by atoms with Crippen LogP contribution >= 0.6 is 0 Å². The second-order valence-electron chi connectivity index (χ2n) is 3.58. The van der Waals surface area contributed by atoms with E-state index in [1.54, 1.807) is 0 Å². The van der Waals surface area contributed by atoms with Gasteiger partial charge in [-0.05, 0) is 25.9 Å². The Morgan fingerprint density at radius 2 is 1.86 bits per heavy atom. The van der Waals surface area contributed by atoms with E-state index in [-0.39, 0.29) is 0 Å². The van der Waals surface area contributed by atoms with Crippen molar-refractivity contribution in [2.45, 2.75) is 31.0 Å². The molecule has 0 aromatic carbocycles. The molecule has 1 fully saturated rings. The fourth-order valence-electron chi connectivity index (χ4n) is 1.44. The van der Waals surface area contributed by atoms with Crippen LogP contribution in [0.5, 0.6) is 0 Å². The first-order valence-electron chi connectivity index (χ1n) is 4.59. The first kappa shape index (κ1) is 11.5. The molecular weight excluding hydrogens is 195 g/mol. The van der Waals surface area contributed by atoms with Crippen LogP contribution < -0.4 is 5.32 Å². The molecule has 0 aromatic rings. The van der Waals surface area contributed by atoms with Crippen LogP contribution in [0.3, 0.4) is 0 Å². The molecule has 1 aliphatic rings. The summed E-state index contributed by atoms with van der Waals surface area (Å²) in [5.41, 5.74) is -1.05. The number of allylic oxidation sites excluding steroid dienone is 1. The summed E-state index contributed by atoms with van der Waals surface area (Å²) < 4.78 is 35.4. The van der Waals surface area contributed by atoms with E-state index in [0.29, 0.717) is 25.9 Å². The van der Waals surface area contributed by atoms with Gasteiger partial charge in [-0.2, -0.15) is 13.2 Å². The van der Waals surface area contributed by atoms with Crippen molar-refractivity contribution in [3.05, 3.63) is 12.2 Å². The van der Waals surface area contributed by atoms with Gasteiger partial charge in [-0.15, -0.1) is 0 Å². The van der Waals surface area contributed by atoms with E-state index >= 15 is 0 Å². The first-order chi connectivity index (χ1) is 6.41. The van der Waals surface area contributed by atoms with Crippen molar-refractivity contribution in [3.8, 4) is 0 Å². The quantitative estimate of drug-likeness (QED) is 0.677. The molecule has 1 saturated heterocycles. The average molecular weight is 209 g/mol. The van der Waals surface area contributed by atoms with E-state index < -0.39 is 18.2 Å². The zero-order valence-electron chi connectivity index (χ0n) is 7.77. The molecule has 14 heavy (non-hydrogen) atoms. The minimum atomic E-state index is -4.18. The predicted octanol–water partition coefficient (Wildman–Crippen LogP) is 1.61. The topological polar surface area (TPSA) is 32.3 Å². The maximum atomic E-state index is 11.8. The Hall–Kier alpha value is -0.550. The molecular formula is C9H14F3NO. The summed E-state index contributed by atoms with van der Waals surface area (Å²) in [4.78, 5) is 0. The fourth-order valence-corrected chi connectivity index (χ4v) is 1.44. The highest BCUT2D eigenvalue weighted by Gasteiger charge is 2.28. The number of nitrogens with one attached hydrogen (secondary N) is 1. The summed E-state index contributed by atoms with van der Waals surface area (Å²) in [6, 6.07) is 0. The highest BCUT2D eigenvalue weighted by atomic mass is 19.4. The summed E-state index contributed by atoms with van der Waals surface area (Å²) in [6.45, 7) is 1.29. The average Bonchev–Trinajstić information content (AvgIpc) is 2.02. The molecule has 0 saturated carbocycles. The lowest BCUT2D eigenvalue weighted by Crippen LogP contribution is -2.40. The minimum absolute atomic E-state index is 0.474. The molecule has 0 unspecified atom stereocenters. The zero-order chi connectivity index (χ0) is 10.7. The van der Waals surface area contributed by atoms with Gasteiger partial charge >= 0.3 is 6.18 Å². The lowest BCUT2D eigenvalue weighted by molar-refractivity contribution is -0.125. The Kier molecular flexibility index (Phi) is 3.55. The van der Waals surface area contributed by atoms with Crippen LogP contribution in [0.4, 0.5) is 13.2 Å². The molecule has 0 atom stereocenters. The van der Waals surface area contributed by atoms with E-state index in [2.05, 4.69) is 5.32 Å². The van der Waals surface area contributed by atoms with Crippen LogP contribution in [0.1, 0.15) is 19.3 Å². The van der Waals surface area contributed by atoms with E-state index in [1.165, 1.54) is 6.08 Å². The third-order valence-electron chi connectivity index (χ3n) is 2.25. The van der Waals surface area contributed by atoms with Crippen molar-refractivity contribution in [1.82, 2.24) is 5.32 Å². The zero-order valence-corrected chi connectivity index (χ0v) is 7.77. The lowest BCUT2D eigenvalue weighted by Gasteiger charge is -2.29. The van der Waals surface area contributed by atoms with Gasteiger partial charge in [0.1, 0.15) is 0 Å². The first-order valence-corrected chi connectivity index (χ1v) is 4.59. The van der Waals surface area contributed by atoms with E-state index in [1.807, 2.05) is 0 Å². The van der Waals surface area contributed by atoms with Gasteiger partial charge in [-0.3, -0.25) is 0 Å². The Bertz CT molecular complexity index is 207. The number of hydrogen-bond acceptors (Lipinski definition) is 2. The molecule has 1 aliphatic heterocycles. The Morgan fingerprint density at radius 3 is 2.36 bits per heavy atom. The number of aliphatic hydroxyl groups is 1. The normalized spacial score (nSPS) is 22.9. The van der Waals surface area contributed by atoms with E-state index in [0.717, 1.165) is 6.08 Å². The van der Waals surface area contributed by atoms with Gasteiger partial charge in [0.15, 0.2) is 0 Å². The highest BCUT2D eigenvalue weighted by Crippen LogP contribution is 2.23. The van der Waals surface area contributed by atoms with Crippen LogP contribution in [-0.2, 0) is 0 Å². The molecule has 0 bridgehead atoms. The van der Waals surface area contributed by atoms with Gasteiger partial charge < -0.3 is 10.4 Å². The summed E-state index contributed by atoms with van der Waals surface area (Å²) in [6.07, 6.45) is -1.92. The summed E-state index contributed by atoms with van der Waals surface area (Å²) in [7, 11) is 0. The second kappa shape index (κ2) is 4.31. The number of halogens is 3. The molecule has 1 rings (SSSR count). The molecule has 2 nitrogen and oxygen atoms in total. The summed E-state index contributed by atoms with van der Waals surface area (Å²) in [5, 5.41) is 12.8. The van der Waals surface area contributed by atoms with Gasteiger partial charge in [-0.25, -0.2) is 0 Å². The fraction of sp³-hybridized carbons (Fsp3) is 0.778. The number of hydrogen-bond donors (Lipinski definition) is 2. The van der Waals surface area contributed by atoms with Gasteiger partial charge in [0.2, 0.25) is 0 Å². The maximum absolute atomic E-state index is 11.8. The molecule has 2 N–H and O–H groups in total. The number of piperidine rings is 1. The molecule has 82 valence electrons. The maximum Gasteiger partial charge on any atom is 0.392 e. The van der Waals surface area contributed by atoms with Crippen LogP contribution in [0.15, 0.2) is 12.2 Å². The van der Waals surface area contributed by atoms with Crippen molar-refractivity contribution < 1.29 is 18.3 Å². The Morgan fingerprint density at radius 1 is 1.29 bits per heavy atom. The number of rotatable bonds is 2. The Balaban J connectivity index is 2.41. The molecule has 0 aliphatic carbocycles. The van der Waals surface area contributed by atoms with Gasteiger partial charge in [0.05, 0.1) is 12.0 Å². The van der Waals surface area contributed by atoms with Gasteiger partial charge in [0.25, 0.3) is 0 Å². The smallest absolute Gasteiger partial charge is 0.386 e. The molecule has 5 heteroatoms. The third kappa shape index (κ3) is 4.11. The van der Waals surface area contributed by atoms with Crippen LogP contribution in [0, 0.1) is 0 Å². The van der Waals surface area contributed by atoms with Gasteiger partial charge in [-0.1, -0.05) is 12.2 Å². The van der Waals surface area contributed by atoms with E-state index in [4.69, 9.17) is 0 Å². The molecule has 0 radical (unpaired) electrons. The SMILES string of the molecule is OC1(C=CCC(F)(F)F)CCNCC1. The number of alkyl halides is 3. The van der Waals surface area contributed by atoms with Crippen molar-refractivity contribution in [3.63, 3.8) is 0 Å². The van der Waals surface area contributed by atoms with E-state index in [9.17, 15) is 18.3 Å². The second-order valence-corrected chi connectivity index (χ2v) is 3.58. The standard InChI is InChI=1S/C9H14F3NO/c10-9(11,12)3-1-2-8(14)4-6-13-7-5-8/h1-2,13-14H,3-7H2. The molecule has 0 spiro atoms. The largest absolute Gasteiger partial charge is 0.392 e. The van der Waals surface area contributed by atoms with Crippen molar-refractivity contribution in [1.29, 1.82) is 0 Å². The molecule has 0 aromatic heterocycles. The minimum Gasteiger partial charge on any atom is -0.386 e. The molecule has 0 amide bonds. The highest BCUT2D eigenvalue weighted by molar-refractivity contribution is 5.03. The molecule has 1 heterocycles. The van der Waals surface area contributed by atoms with Crippen LogP contribution in [-0.4, -0.2) is 30.0 Å². The van der Waals surface area contributed by atoms with Gasteiger partial charge in [0, 0.05) is 0 Å². The van der Waals surface area contributed by atoms with Crippen molar-refractivity contribution in [2.24, 2.45) is 0 Å². The van der Waals surface area contributed by atoms with Crippen molar-refractivity contribution in [2.75, 3.05) is 13.1 Å². The summed E-state index contributed by atoms with van der Waals surface area (Å²) >= 11 is 0. The lowest BCUT2D eigenvalue weighted by atomic mass is 9.92. The van der Waals surface area contributed by atoms with Crippen LogP contribution in [0.2, 0.25) is 0 Å². The summed E-state index contributed by atoms with van der Waals surface area (Å²) in [5.74, 6) is 0. The Labute approximate surface area is 80.8 Å². The third-order valence-corrected chi connectivity index (χ3v) is 2.25. The van der Waals surface area contributed by atoms with Crippen molar-refractivity contribution >= 4 is 0 Å². The monoisotopic (exact) mass is 209 g/mol. The predicted molar refractivity (Wildman–Crippen MR) is 46.9 cm³/mol.